The van der Waals surface area contributed by atoms with Crippen LogP contribution in [-0.2, 0) is 17.8 Å². The molecule has 0 atom stereocenters. The predicted molar refractivity (Wildman–Crippen MR) is 90.6 cm³/mol. The van der Waals surface area contributed by atoms with Crippen molar-refractivity contribution in [2.24, 2.45) is 0 Å². The fraction of sp³-hybridized carbons (Fsp3) is 0.316. The van der Waals surface area contributed by atoms with Crippen LogP contribution in [-0.4, -0.2) is 26.2 Å². The minimum absolute atomic E-state index is 0.0494. The summed E-state index contributed by atoms with van der Waals surface area (Å²) < 4.78 is 16.5. The van der Waals surface area contributed by atoms with Crippen molar-refractivity contribution in [3.63, 3.8) is 0 Å². The molecule has 126 valence electrons. The van der Waals surface area contributed by atoms with Gasteiger partial charge in [0, 0.05) is 18.5 Å². The summed E-state index contributed by atoms with van der Waals surface area (Å²) in [4.78, 5) is 12.2. The number of hydrogen-bond donors (Lipinski definition) is 1. The Balaban J connectivity index is 1.59. The van der Waals surface area contributed by atoms with Crippen molar-refractivity contribution < 1.29 is 19.0 Å². The minimum Gasteiger partial charge on any atom is -0.496 e. The topological polar surface area (TPSA) is 56.8 Å². The SMILES string of the molecule is COc1ccccc1CC(=O)NCc1ccc2c(c1)OCCCO2. The van der Waals surface area contributed by atoms with E-state index in [-0.39, 0.29) is 12.3 Å². The van der Waals surface area contributed by atoms with Crippen LogP contribution >= 0.6 is 0 Å². The van der Waals surface area contributed by atoms with Gasteiger partial charge in [0.1, 0.15) is 5.75 Å². The number of para-hydroxylation sites is 1. The Morgan fingerprint density at radius 3 is 2.75 bits per heavy atom. The third kappa shape index (κ3) is 3.98. The molecule has 3 rings (SSSR count). The van der Waals surface area contributed by atoms with E-state index in [2.05, 4.69) is 5.32 Å². The van der Waals surface area contributed by atoms with Crippen LogP contribution in [0.4, 0.5) is 0 Å². The summed E-state index contributed by atoms with van der Waals surface area (Å²) in [6, 6.07) is 13.3. The zero-order valence-corrected chi connectivity index (χ0v) is 13.7. The standard InChI is InChI=1S/C19H21NO4/c1-22-16-6-3-2-5-15(16)12-19(21)20-13-14-7-8-17-18(11-14)24-10-4-9-23-17/h2-3,5-8,11H,4,9-10,12-13H2,1H3,(H,20,21). The number of carbonyl (C=O) groups is 1. The average Bonchev–Trinajstić information content (AvgIpc) is 2.85. The Bertz CT molecular complexity index is 714. The van der Waals surface area contributed by atoms with Gasteiger partial charge in [0.2, 0.25) is 5.91 Å². The highest BCUT2D eigenvalue weighted by molar-refractivity contribution is 5.79. The molecule has 0 radical (unpaired) electrons. The van der Waals surface area contributed by atoms with Crippen LogP contribution in [0.5, 0.6) is 17.2 Å². The number of ether oxygens (including phenoxy) is 3. The summed E-state index contributed by atoms with van der Waals surface area (Å²) >= 11 is 0. The molecule has 1 amide bonds. The number of methoxy groups -OCH3 is 1. The molecular formula is C19H21NO4. The molecule has 5 heteroatoms. The van der Waals surface area contributed by atoms with Gasteiger partial charge in [-0.2, -0.15) is 0 Å². The number of rotatable bonds is 5. The first-order valence-electron chi connectivity index (χ1n) is 8.03. The fourth-order valence-corrected chi connectivity index (χ4v) is 2.60. The summed E-state index contributed by atoms with van der Waals surface area (Å²) in [6.07, 6.45) is 1.16. The first-order chi connectivity index (χ1) is 11.8. The van der Waals surface area contributed by atoms with Gasteiger partial charge in [-0.15, -0.1) is 0 Å². The molecule has 0 saturated heterocycles. The lowest BCUT2D eigenvalue weighted by Gasteiger charge is -2.11. The Hall–Kier alpha value is -2.69. The first kappa shape index (κ1) is 16.2. The molecule has 0 bridgehead atoms. The van der Waals surface area contributed by atoms with Crippen LogP contribution < -0.4 is 19.5 Å². The Labute approximate surface area is 141 Å². The summed E-state index contributed by atoms with van der Waals surface area (Å²) in [6.45, 7) is 1.77. The Morgan fingerprint density at radius 2 is 1.92 bits per heavy atom. The number of carbonyl (C=O) groups excluding carboxylic acids is 1. The molecule has 0 unspecified atom stereocenters. The van der Waals surface area contributed by atoms with Gasteiger partial charge in [0.25, 0.3) is 0 Å². The van der Waals surface area contributed by atoms with Crippen molar-refractivity contribution in [3.8, 4) is 17.2 Å². The normalized spacial score (nSPS) is 13.0. The van der Waals surface area contributed by atoms with Crippen molar-refractivity contribution in [1.29, 1.82) is 0 Å². The van der Waals surface area contributed by atoms with Crippen molar-refractivity contribution in [3.05, 3.63) is 53.6 Å². The van der Waals surface area contributed by atoms with Crippen LogP contribution in [0.1, 0.15) is 17.5 Å². The maximum absolute atomic E-state index is 12.2. The van der Waals surface area contributed by atoms with E-state index in [1.54, 1.807) is 7.11 Å². The zero-order chi connectivity index (χ0) is 16.8. The molecule has 0 saturated carbocycles. The maximum atomic E-state index is 12.2. The van der Waals surface area contributed by atoms with Crippen molar-refractivity contribution in [2.45, 2.75) is 19.4 Å². The molecule has 1 aliphatic heterocycles. The summed E-state index contributed by atoms with van der Waals surface area (Å²) in [5, 5.41) is 2.93. The molecule has 0 aliphatic carbocycles. The van der Waals surface area contributed by atoms with Crippen LogP contribution in [0.15, 0.2) is 42.5 Å². The van der Waals surface area contributed by atoms with E-state index in [4.69, 9.17) is 14.2 Å². The first-order valence-corrected chi connectivity index (χ1v) is 8.03. The van der Waals surface area contributed by atoms with Crippen LogP contribution in [0.25, 0.3) is 0 Å². The van der Waals surface area contributed by atoms with E-state index in [9.17, 15) is 4.79 Å². The second kappa shape index (κ2) is 7.73. The molecule has 24 heavy (non-hydrogen) atoms. The number of benzene rings is 2. The second-order valence-corrected chi connectivity index (χ2v) is 5.60. The van der Waals surface area contributed by atoms with Gasteiger partial charge in [-0.25, -0.2) is 0 Å². The molecule has 2 aromatic rings. The van der Waals surface area contributed by atoms with Crippen LogP contribution in [0, 0.1) is 0 Å². The zero-order valence-electron chi connectivity index (χ0n) is 13.7. The van der Waals surface area contributed by atoms with Gasteiger partial charge in [0.05, 0.1) is 26.7 Å². The Morgan fingerprint density at radius 1 is 1.12 bits per heavy atom. The Kier molecular flexibility index (Phi) is 5.21. The average molecular weight is 327 g/mol. The van der Waals surface area contributed by atoms with Gasteiger partial charge in [-0.3, -0.25) is 4.79 Å². The highest BCUT2D eigenvalue weighted by Gasteiger charge is 2.12. The van der Waals surface area contributed by atoms with E-state index in [0.29, 0.717) is 19.8 Å². The molecule has 1 N–H and O–H groups in total. The van der Waals surface area contributed by atoms with Crippen molar-refractivity contribution in [1.82, 2.24) is 5.32 Å². The lowest BCUT2D eigenvalue weighted by atomic mass is 10.1. The lowest BCUT2D eigenvalue weighted by molar-refractivity contribution is -0.120. The molecule has 0 aromatic heterocycles. The number of fused-ring (bicyclic) bond motifs is 1. The van der Waals surface area contributed by atoms with Crippen LogP contribution in [0.3, 0.4) is 0 Å². The van der Waals surface area contributed by atoms with Gasteiger partial charge in [-0.1, -0.05) is 24.3 Å². The van der Waals surface area contributed by atoms with Crippen molar-refractivity contribution in [2.75, 3.05) is 20.3 Å². The maximum Gasteiger partial charge on any atom is 0.224 e. The number of hydrogen-bond acceptors (Lipinski definition) is 4. The van der Waals surface area contributed by atoms with E-state index in [1.165, 1.54) is 0 Å². The van der Waals surface area contributed by atoms with Gasteiger partial charge >= 0.3 is 0 Å². The lowest BCUT2D eigenvalue weighted by Crippen LogP contribution is -2.24. The van der Waals surface area contributed by atoms with Gasteiger partial charge in [-0.05, 0) is 23.8 Å². The van der Waals surface area contributed by atoms with E-state index in [0.717, 1.165) is 34.8 Å². The van der Waals surface area contributed by atoms with Crippen molar-refractivity contribution >= 4 is 5.91 Å². The molecule has 2 aromatic carbocycles. The smallest absolute Gasteiger partial charge is 0.224 e. The second-order valence-electron chi connectivity index (χ2n) is 5.60. The molecule has 1 aliphatic rings. The highest BCUT2D eigenvalue weighted by atomic mass is 16.5. The monoisotopic (exact) mass is 327 g/mol. The van der Waals surface area contributed by atoms with Crippen LogP contribution in [0.2, 0.25) is 0 Å². The molecule has 0 fully saturated rings. The van der Waals surface area contributed by atoms with Gasteiger partial charge in [0.15, 0.2) is 11.5 Å². The number of nitrogens with one attached hydrogen (secondary N) is 1. The molecule has 5 nitrogen and oxygen atoms in total. The van der Waals surface area contributed by atoms with E-state index >= 15 is 0 Å². The van der Waals surface area contributed by atoms with E-state index < -0.39 is 0 Å². The number of amides is 1. The summed E-state index contributed by atoms with van der Waals surface area (Å²) in [7, 11) is 1.61. The molecular weight excluding hydrogens is 306 g/mol. The highest BCUT2D eigenvalue weighted by Crippen LogP contribution is 2.30. The third-order valence-corrected chi connectivity index (χ3v) is 3.85. The third-order valence-electron chi connectivity index (χ3n) is 3.85. The quantitative estimate of drug-likeness (QED) is 0.917. The fourth-order valence-electron chi connectivity index (χ4n) is 2.60. The predicted octanol–water partition coefficient (Wildman–Crippen LogP) is 2.72. The van der Waals surface area contributed by atoms with E-state index in [1.807, 2.05) is 42.5 Å². The summed E-state index contributed by atoms with van der Waals surface area (Å²) in [5.74, 6) is 2.18. The molecule has 1 heterocycles. The minimum atomic E-state index is -0.0494. The largest absolute Gasteiger partial charge is 0.496 e. The molecule has 0 spiro atoms. The summed E-state index contributed by atoms with van der Waals surface area (Å²) in [5.41, 5.74) is 1.85. The van der Waals surface area contributed by atoms with Gasteiger partial charge < -0.3 is 19.5 Å².